The van der Waals surface area contributed by atoms with Crippen molar-refractivity contribution in [3.05, 3.63) is 29.8 Å². The van der Waals surface area contributed by atoms with Crippen molar-refractivity contribution in [3.8, 4) is 0 Å². The maximum atomic E-state index is 13.0. The monoisotopic (exact) mass is 348 g/mol. The van der Waals surface area contributed by atoms with E-state index in [9.17, 15) is 4.57 Å². The van der Waals surface area contributed by atoms with Gasteiger partial charge in [0, 0.05) is 4.90 Å². The zero-order valence-corrected chi connectivity index (χ0v) is 15.7. The maximum absolute atomic E-state index is 13.0. The van der Waals surface area contributed by atoms with Gasteiger partial charge in [-0.25, -0.2) is 0 Å². The van der Waals surface area contributed by atoms with Crippen LogP contribution in [0.2, 0.25) is 0 Å². The average molecular weight is 348 g/mol. The molecule has 21 heavy (non-hydrogen) atoms. The van der Waals surface area contributed by atoms with Crippen LogP contribution in [0.5, 0.6) is 0 Å². The standard InChI is InChI=1S/C15H25O3PS2/c1-5-12-20-15(19(16,17-6-2)18-7-3)21-14-10-8-13(4)9-11-14/h8-11,15H,5-7,12H2,1-4H3. The first-order valence-electron chi connectivity index (χ1n) is 7.29. The predicted octanol–water partition coefficient (Wildman–Crippen LogP) is 5.78. The van der Waals surface area contributed by atoms with Crippen molar-refractivity contribution in [2.45, 2.75) is 43.3 Å². The molecule has 0 aliphatic carbocycles. The molecule has 1 atom stereocenters. The second-order valence-electron chi connectivity index (χ2n) is 4.48. The summed E-state index contributed by atoms with van der Waals surface area (Å²) in [6.45, 7) is 8.67. The first kappa shape index (κ1) is 19.1. The summed E-state index contributed by atoms with van der Waals surface area (Å²) < 4.78 is 23.8. The van der Waals surface area contributed by atoms with Gasteiger partial charge in [0.1, 0.15) is 0 Å². The maximum Gasteiger partial charge on any atom is 0.353 e. The van der Waals surface area contributed by atoms with E-state index in [2.05, 4.69) is 38.1 Å². The minimum Gasteiger partial charge on any atom is -0.308 e. The first-order chi connectivity index (χ1) is 10.1. The minimum absolute atomic E-state index is 0.222. The largest absolute Gasteiger partial charge is 0.353 e. The summed E-state index contributed by atoms with van der Waals surface area (Å²) in [5, 5.41) is 0. The number of hydrogen-bond donors (Lipinski definition) is 0. The van der Waals surface area contributed by atoms with E-state index < -0.39 is 7.60 Å². The van der Waals surface area contributed by atoms with E-state index in [4.69, 9.17) is 9.05 Å². The average Bonchev–Trinajstić information content (AvgIpc) is 2.46. The van der Waals surface area contributed by atoms with Gasteiger partial charge in [-0.15, -0.1) is 11.8 Å². The molecule has 1 aromatic carbocycles. The van der Waals surface area contributed by atoms with Crippen LogP contribution in [0, 0.1) is 6.92 Å². The molecule has 0 radical (unpaired) electrons. The Kier molecular flexibility index (Phi) is 9.07. The van der Waals surface area contributed by atoms with Crippen LogP contribution in [-0.2, 0) is 13.6 Å². The highest BCUT2D eigenvalue weighted by Gasteiger charge is 2.36. The van der Waals surface area contributed by atoms with E-state index in [1.807, 2.05) is 13.8 Å². The van der Waals surface area contributed by atoms with Crippen LogP contribution in [-0.4, -0.2) is 23.3 Å². The number of thioether (sulfide) groups is 2. The van der Waals surface area contributed by atoms with E-state index in [-0.39, 0.29) is 4.32 Å². The fraction of sp³-hybridized carbons (Fsp3) is 0.600. The highest BCUT2D eigenvalue weighted by atomic mass is 32.2. The Morgan fingerprint density at radius 1 is 1.10 bits per heavy atom. The smallest absolute Gasteiger partial charge is 0.308 e. The fourth-order valence-electron chi connectivity index (χ4n) is 1.66. The molecule has 6 heteroatoms. The third-order valence-corrected chi connectivity index (χ3v) is 9.04. The van der Waals surface area contributed by atoms with Crippen LogP contribution in [0.4, 0.5) is 0 Å². The molecular weight excluding hydrogens is 323 g/mol. The van der Waals surface area contributed by atoms with Crippen molar-refractivity contribution in [1.82, 2.24) is 0 Å². The molecule has 0 aliphatic heterocycles. The zero-order valence-electron chi connectivity index (χ0n) is 13.2. The molecule has 0 saturated carbocycles. The van der Waals surface area contributed by atoms with Crippen LogP contribution in [0.1, 0.15) is 32.8 Å². The van der Waals surface area contributed by atoms with Gasteiger partial charge in [-0.2, -0.15) is 0 Å². The molecule has 0 heterocycles. The van der Waals surface area contributed by atoms with Crippen molar-refractivity contribution in [1.29, 1.82) is 0 Å². The van der Waals surface area contributed by atoms with Crippen LogP contribution in [0.25, 0.3) is 0 Å². The Hall–Kier alpha value is 0.0700. The molecule has 0 spiro atoms. The van der Waals surface area contributed by atoms with Crippen molar-refractivity contribution < 1.29 is 13.6 Å². The molecule has 120 valence electrons. The van der Waals surface area contributed by atoms with E-state index in [0.29, 0.717) is 13.2 Å². The summed E-state index contributed by atoms with van der Waals surface area (Å²) in [7, 11) is -3.11. The summed E-state index contributed by atoms with van der Waals surface area (Å²) in [5.41, 5.74) is 1.22. The van der Waals surface area contributed by atoms with Crippen molar-refractivity contribution in [3.63, 3.8) is 0 Å². The molecule has 0 amide bonds. The minimum atomic E-state index is -3.11. The van der Waals surface area contributed by atoms with Gasteiger partial charge in [-0.3, -0.25) is 4.57 Å². The Labute approximate surface area is 137 Å². The number of hydrogen-bond acceptors (Lipinski definition) is 5. The molecular formula is C15H25O3PS2. The molecule has 0 fully saturated rings. The molecule has 3 nitrogen and oxygen atoms in total. The van der Waals surface area contributed by atoms with E-state index in [1.54, 1.807) is 23.5 Å². The lowest BCUT2D eigenvalue weighted by Gasteiger charge is -2.25. The molecule has 1 rings (SSSR count). The van der Waals surface area contributed by atoms with Crippen molar-refractivity contribution in [2.75, 3.05) is 19.0 Å². The number of aryl methyl sites for hydroxylation is 1. The van der Waals surface area contributed by atoms with Gasteiger partial charge < -0.3 is 9.05 Å². The van der Waals surface area contributed by atoms with Gasteiger partial charge >= 0.3 is 7.60 Å². The van der Waals surface area contributed by atoms with Crippen LogP contribution < -0.4 is 0 Å². The molecule has 0 saturated heterocycles. The zero-order chi connectivity index (χ0) is 15.7. The quantitative estimate of drug-likeness (QED) is 0.304. The SMILES string of the molecule is CCCSC(Sc1ccc(C)cc1)P(=O)(OCC)OCC. The van der Waals surface area contributed by atoms with Gasteiger partial charge in [-0.1, -0.05) is 36.4 Å². The molecule has 0 aliphatic rings. The van der Waals surface area contributed by atoms with Crippen molar-refractivity contribution >= 4 is 31.1 Å². The highest BCUT2D eigenvalue weighted by molar-refractivity contribution is 8.23. The topological polar surface area (TPSA) is 35.5 Å². The Bertz CT molecular complexity index is 441. The van der Waals surface area contributed by atoms with E-state index in [1.165, 1.54) is 5.56 Å². The molecule has 1 unspecified atom stereocenters. The third kappa shape index (κ3) is 6.37. The summed E-state index contributed by atoms with van der Waals surface area (Å²) in [6, 6.07) is 8.25. The predicted molar refractivity (Wildman–Crippen MR) is 94.4 cm³/mol. The van der Waals surface area contributed by atoms with Gasteiger partial charge in [-0.05, 0) is 45.1 Å². The Balaban J connectivity index is 2.91. The lowest BCUT2D eigenvalue weighted by atomic mass is 10.2. The summed E-state index contributed by atoms with van der Waals surface area (Å²) >= 11 is 3.23. The van der Waals surface area contributed by atoms with Gasteiger partial charge in [0.25, 0.3) is 0 Å². The van der Waals surface area contributed by atoms with Gasteiger partial charge in [0.15, 0.2) is 4.32 Å². The third-order valence-electron chi connectivity index (χ3n) is 2.60. The second kappa shape index (κ2) is 9.96. The molecule has 1 aromatic rings. The summed E-state index contributed by atoms with van der Waals surface area (Å²) in [5.74, 6) is 0.938. The first-order valence-corrected chi connectivity index (χ1v) is 10.8. The second-order valence-corrected chi connectivity index (χ2v) is 9.99. The highest BCUT2D eigenvalue weighted by Crippen LogP contribution is 2.62. The fourth-order valence-corrected chi connectivity index (χ4v) is 7.21. The Morgan fingerprint density at radius 2 is 1.67 bits per heavy atom. The number of rotatable bonds is 10. The molecule has 0 bridgehead atoms. The summed E-state index contributed by atoms with van der Waals surface area (Å²) in [6.07, 6.45) is 1.04. The molecule has 0 N–H and O–H groups in total. The van der Waals surface area contributed by atoms with E-state index in [0.717, 1.165) is 17.1 Å². The Morgan fingerprint density at radius 3 is 2.14 bits per heavy atom. The lowest BCUT2D eigenvalue weighted by Crippen LogP contribution is -2.07. The van der Waals surface area contributed by atoms with Crippen LogP contribution in [0.15, 0.2) is 29.2 Å². The van der Waals surface area contributed by atoms with Crippen LogP contribution >= 0.6 is 31.1 Å². The molecule has 0 aromatic heterocycles. The van der Waals surface area contributed by atoms with Crippen molar-refractivity contribution in [2.24, 2.45) is 0 Å². The normalized spacial score (nSPS) is 13.3. The van der Waals surface area contributed by atoms with E-state index >= 15 is 0 Å². The lowest BCUT2D eigenvalue weighted by molar-refractivity contribution is 0.222. The van der Waals surface area contributed by atoms with Gasteiger partial charge in [0.05, 0.1) is 13.2 Å². The number of benzene rings is 1. The van der Waals surface area contributed by atoms with Crippen LogP contribution in [0.3, 0.4) is 0 Å². The summed E-state index contributed by atoms with van der Waals surface area (Å²) in [4.78, 5) is 1.09. The van der Waals surface area contributed by atoms with Gasteiger partial charge in [0.2, 0.25) is 0 Å².